The Morgan fingerprint density at radius 1 is 0.500 bits per heavy atom. The lowest BCUT2D eigenvalue weighted by molar-refractivity contribution is 0.636. The van der Waals surface area contributed by atoms with E-state index >= 15 is 0 Å². The highest BCUT2D eigenvalue weighted by Crippen LogP contribution is 2.48. The molecule has 226 valence electrons. The molecule has 4 nitrogen and oxygen atoms in total. The third-order valence-corrected chi connectivity index (χ3v) is 10.2. The predicted molar refractivity (Wildman–Crippen MR) is 198 cm³/mol. The zero-order valence-electron chi connectivity index (χ0n) is 26.6. The van der Waals surface area contributed by atoms with Crippen LogP contribution in [0.2, 0.25) is 0 Å². The minimum absolute atomic E-state index is 0.269. The summed E-state index contributed by atoms with van der Waals surface area (Å²) in [5, 5.41) is 7.26. The molecule has 3 heterocycles. The van der Waals surface area contributed by atoms with Crippen LogP contribution in [0.15, 0.2) is 146 Å². The molecular weight excluding hydrogens is 585 g/mol. The Morgan fingerprint density at radius 2 is 1.17 bits per heavy atom. The van der Waals surface area contributed by atoms with Crippen molar-refractivity contribution in [3.63, 3.8) is 0 Å². The summed E-state index contributed by atoms with van der Waals surface area (Å²) >= 11 is 0. The number of para-hydroxylation sites is 1. The van der Waals surface area contributed by atoms with Gasteiger partial charge in [0.2, 0.25) is 0 Å². The zero-order valence-corrected chi connectivity index (χ0v) is 26.6. The van der Waals surface area contributed by atoms with E-state index < -0.39 is 0 Å². The Morgan fingerprint density at radius 3 is 1.98 bits per heavy atom. The van der Waals surface area contributed by atoms with E-state index in [0.29, 0.717) is 0 Å². The lowest BCUT2D eigenvalue weighted by atomic mass is 9.85. The molecular formula is C44H30N4. The number of rotatable bonds is 3. The molecule has 0 amide bonds. The predicted octanol–water partition coefficient (Wildman–Crippen LogP) is 10.9. The maximum absolute atomic E-state index is 5.46. The van der Waals surface area contributed by atoms with Gasteiger partial charge in [-0.05, 0) is 63.5 Å². The lowest BCUT2D eigenvalue weighted by Crippen LogP contribution is -2.17. The number of hydrogen-bond acceptors (Lipinski definition) is 3. The average Bonchev–Trinajstić information content (AvgIpc) is 3.57. The van der Waals surface area contributed by atoms with Gasteiger partial charge in [0.05, 0.1) is 33.8 Å². The topological polar surface area (TPSA) is 43.6 Å². The van der Waals surface area contributed by atoms with Gasteiger partial charge in [0, 0.05) is 39.1 Å². The summed E-state index contributed by atoms with van der Waals surface area (Å²) in [6.45, 7) is 4.50. The molecule has 10 rings (SSSR count). The number of aromatic nitrogens is 4. The van der Waals surface area contributed by atoms with Crippen molar-refractivity contribution in [2.24, 2.45) is 0 Å². The highest BCUT2D eigenvalue weighted by Gasteiger charge is 2.39. The third kappa shape index (κ3) is 3.86. The first kappa shape index (κ1) is 27.0. The summed E-state index contributed by atoms with van der Waals surface area (Å²) in [4.78, 5) is 16.0. The van der Waals surface area contributed by atoms with Crippen LogP contribution >= 0.6 is 0 Å². The van der Waals surface area contributed by atoms with Gasteiger partial charge < -0.3 is 0 Å². The number of hydrogen-bond donors (Lipinski definition) is 0. The Kier molecular flexibility index (Phi) is 5.59. The van der Waals surface area contributed by atoms with E-state index in [1.165, 1.54) is 37.9 Å². The van der Waals surface area contributed by atoms with Gasteiger partial charge in [0.15, 0.2) is 0 Å². The molecule has 6 aromatic carbocycles. The number of fused-ring (bicyclic) bond motifs is 8. The summed E-state index contributed by atoms with van der Waals surface area (Å²) in [6.07, 6.45) is 1.97. The first-order chi connectivity index (χ1) is 23.5. The van der Waals surface area contributed by atoms with E-state index in [1.807, 2.05) is 6.20 Å². The van der Waals surface area contributed by atoms with Gasteiger partial charge in [0.1, 0.15) is 5.82 Å². The Balaban J connectivity index is 1.18. The van der Waals surface area contributed by atoms with Crippen molar-refractivity contribution in [3.05, 3.63) is 157 Å². The first-order valence-corrected chi connectivity index (χ1v) is 16.4. The summed E-state index contributed by atoms with van der Waals surface area (Å²) < 4.78 is 2.28. The van der Waals surface area contributed by atoms with E-state index in [-0.39, 0.29) is 5.41 Å². The molecule has 0 aliphatic heterocycles. The van der Waals surface area contributed by atoms with Crippen molar-refractivity contribution in [1.29, 1.82) is 0 Å². The summed E-state index contributed by atoms with van der Waals surface area (Å²) in [5.74, 6) is 0.870. The van der Waals surface area contributed by atoms with Crippen molar-refractivity contribution in [3.8, 4) is 39.6 Å². The number of benzene rings is 6. The van der Waals surface area contributed by atoms with Gasteiger partial charge in [-0.15, -0.1) is 0 Å². The normalized spacial score (nSPS) is 13.4. The van der Waals surface area contributed by atoms with Crippen molar-refractivity contribution in [2.45, 2.75) is 19.3 Å². The molecule has 0 spiro atoms. The molecule has 0 saturated heterocycles. The summed E-state index contributed by atoms with van der Waals surface area (Å²) in [5.41, 5.74) is 10.1. The van der Waals surface area contributed by atoms with Crippen molar-refractivity contribution in [1.82, 2.24) is 19.5 Å². The Hall–Kier alpha value is -6.13. The van der Waals surface area contributed by atoms with Crippen LogP contribution < -0.4 is 0 Å². The fraction of sp³-hybridized carbons (Fsp3) is 0.0682. The third-order valence-electron chi connectivity index (χ3n) is 10.2. The fourth-order valence-electron chi connectivity index (χ4n) is 7.72. The fourth-order valence-corrected chi connectivity index (χ4v) is 7.72. The van der Waals surface area contributed by atoms with Crippen LogP contribution in [0.4, 0.5) is 0 Å². The van der Waals surface area contributed by atoms with Crippen LogP contribution in [0.3, 0.4) is 0 Å². The molecule has 1 aliphatic rings. The van der Waals surface area contributed by atoms with Gasteiger partial charge in [-0.3, -0.25) is 4.57 Å². The van der Waals surface area contributed by atoms with E-state index in [4.69, 9.17) is 15.0 Å². The molecule has 0 radical (unpaired) electrons. The maximum atomic E-state index is 5.46. The first-order valence-electron chi connectivity index (χ1n) is 16.4. The van der Waals surface area contributed by atoms with Crippen molar-refractivity contribution < 1.29 is 0 Å². The highest BCUT2D eigenvalue weighted by molar-refractivity contribution is 6.13. The molecule has 0 saturated carbocycles. The second kappa shape index (κ2) is 9.93. The molecule has 0 bridgehead atoms. The second-order valence-corrected chi connectivity index (χ2v) is 13.3. The lowest BCUT2D eigenvalue weighted by Gasteiger charge is -2.21. The smallest absolute Gasteiger partial charge is 0.137 e. The summed E-state index contributed by atoms with van der Waals surface area (Å²) in [7, 11) is 0. The molecule has 0 atom stereocenters. The standard InChI is InChI=1S/C44H30N4/c1-44(2)36-17-9-7-16-34(36)42-43(44)47-41(40(46-42)31-20-19-27-11-3-4-12-28(27)23-31)32-21-22-39(45-26-32)48-37-18-10-8-15-33(37)35-24-29-13-5-6-14-30(29)25-38(35)48/h3-26H,1-2H3. The monoisotopic (exact) mass is 614 g/mol. The molecule has 48 heavy (non-hydrogen) atoms. The molecule has 0 unspecified atom stereocenters. The number of pyridine rings is 1. The SMILES string of the molecule is CC1(C)c2ccccc2-c2nc(-c3ccc4ccccc4c3)c(-c3ccc(-n4c5ccccc5c5cc6ccccc6cc54)nc3)nc21. The molecule has 0 fully saturated rings. The van der Waals surface area contributed by atoms with E-state index in [9.17, 15) is 0 Å². The largest absolute Gasteiger partial charge is 0.294 e. The minimum Gasteiger partial charge on any atom is -0.294 e. The minimum atomic E-state index is -0.269. The average molecular weight is 615 g/mol. The van der Waals surface area contributed by atoms with Crippen LogP contribution in [-0.4, -0.2) is 19.5 Å². The summed E-state index contributed by atoms with van der Waals surface area (Å²) in [6, 6.07) is 49.6. The van der Waals surface area contributed by atoms with Crippen LogP contribution in [0.25, 0.3) is 82.9 Å². The van der Waals surface area contributed by atoms with Gasteiger partial charge in [-0.1, -0.05) is 117 Å². The number of nitrogens with zero attached hydrogens (tertiary/aromatic N) is 4. The van der Waals surface area contributed by atoms with Gasteiger partial charge in [0.25, 0.3) is 0 Å². The molecule has 4 heteroatoms. The molecule has 0 N–H and O–H groups in total. The maximum Gasteiger partial charge on any atom is 0.137 e. The highest BCUT2D eigenvalue weighted by atomic mass is 15.1. The van der Waals surface area contributed by atoms with E-state index in [1.54, 1.807) is 0 Å². The van der Waals surface area contributed by atoms with Crippen LogP contribution in [0.1, 0.15) is 25.1 Å². The molecule has 1 aliphatic carbocycles. The van der Waals surface area contributed by atoms with Crippen LogP contribution in [-0.2, 0) is 5.41 Å². The Labute approximate surface area is 278 Å². The molecule has 3 aromatic heterocycles. The zero-order chi connectivity index (χ0) is 32.0. The van der Waals surface area contributed by atoms with Gasteiger partial charge in [-0.25, -0.2) is 15.0 Å². The van der Waals surface area contributed by atoms with Crippen LogP contribution in [0.5, 0.6) is 0 Å². The van der Waals surface area contributed by atoms with E-state index in [2.05, 4.69) is 158 Å². The van der Waals surface area contributed by atoms with Crippen molar-refractivity contribution >= 4 is 43.4 Å². The quantitative estimate of drug-likeness (QED) is 0.199. The van der Waals surface area contributed by atoms with Gasteiger partial charge >= 0.3 is 0 Å². The van der Waals surface area contributed by atoms with Crippen LogP contribution in [0, 0.1) is 0 Å². The van der Waals surface area contributed by atoms with Gasteiger partial charge in [-0.2, -0.15) is 0 Å². The second-order valence-electron chi connectivity index (χ2n) is 13.3. The Bertz CT molecular complexity index is 2750. The van der Waals surface area contributed by atoms with E-state index in [0.717, 1.165) is 56.3 Å². The molecule has 9 aromatic rings. The van der Waals surface area contributed by atoms with Crippen molar-refractivity contribution in [2.75, 3.05) is 0 Å².